The van der Waals surface area contributed by atoms with Gasteiger partial charge in [0.05, 0.1) is 28.5 Å². The summed E-state index contributed by atoms with van der Waals surface area (Å²) in [5, 5.41) is 4.04. The quantitative estimate of drug-likeness (QED) is 0.225. The molecule has 1 heterocycles. The van der Waals surface area contributed by atoms with Gasteiger partial charge in [-0.1, -0.05) is 65.7 Å². The van der Waals surface area contributed by atoms with Gasteiger partial charge in [0.1, 0.15) is 18.2 Å². The summed E-state index contributed by atoms with van der Waals surface area (Å²) in [5.41, 5.74) is 2.64. The first-order valence-electron chi connectivity index (χ1n) is 11.0. The van der Waals surface area contributed by atoms with Crippen LogP contribution in [-0.2, 0) is 6.61 Å². The van der Waals surface area contributed by atoms with Gasteiger partial charge in [-0.3, -0.25) is 4.99 Å². The van der Waals surface area contributed by atoms with Crippen LogP contribution in [0, 0.1) is 5.82 Å². The van der Waals surface area contributed by atoms with E-state index in [0.29, 0.717) is 38.6 Å². The number of benzene rings is 3. The fourth-order valence-electron chi connectivity index (χ4n) is 3.34. The normalized spacial score (nSPS) is 11.2. The van der Waals surface area contributed by atoms with Crippen LogP contribution in [0.5, 0.6) is 11.5 Å². The molecule has 0 aliphatic rings. The molecule has 0 fully saturated rings. The first-order valence-corrected chi connectivity index (χ1v) is 11.7. The predicted octanol–water partition coefficient (Wildman–Crippen LogP) is 8.27. The third-order valence-electron chi connectivity index (χ3n) is 5.10. The molecule has 0 atom stereocenters. The van der Waals surface area contributed by atoms with Gasteiger partial charge in [-0.15, -0.1) is 0 Å². The summed E-state index contributed by atoms with van der Waals surface area (Å²) in [6.45, 7) is 0.0717. The average molecular weight is 522 g/mol. The van der Waals surface area contributed by atoms with Gasteiger partial charge in [0, 0.05) is 23.5 Å². The van der Waals surface area contributed by atoms with E-state index < -0.39 is 0 Å². The van der Waals surface area contributed by atoms with Crippen LogP contribution in [0.4, 0.5) is 21.6 Å². The van der Waals surface area contributed by atoms with Crippen molar-refractivity contribution >= 4 is 52.7 Å². The molecule has 0 saturated heterocycles. The van der Waals surface area contributed by atoms with Gasteiger partial charge in [0.25, 0.3) is 0 Å². The number of halogens is 3. The standard InChI is InChI=1S/C28H22Cl2FN3O2/c1-35-26-14-6-9-19(27(26)36-18-20-8-2-3-11-23(20)31)10-7-15-32-24-12-4-5-13-25(24)34-28-22(30)16-21(29)17-33-28/h2-17H,18H2,1H3,(H,33,34)/b10-7+,32-15?. The lowest BCUT2D eigenvalue weighted by molar-refractivity contribution is 0.279. The van der Waals surface area contributed by atoms with Crippen LogP contribution in [0.2, 0.25) is 10.0 Å². The Labute approximate surface area is 218 Å². The molecule has 0 aliphatic heterocycles. The van der Waals surface area contributed by atoms with Crippen molar-refractivity contribution in [1.82, 2.24) is 4.98 Å². The number of allylic oxidation sites excluding steroid dienone is 1. The fraction of sp³-hybridized carbons (Fsp3) is 0.0714. The predicted molar refractivity (Wildman–Crippen MR) is 145 cm³/mol. The molecule has 4 rings (SSSR count). The maximum absolute atomic E-state index is 14.0. The molecule has 8 heteroatoms. The highest BCUT2D eigenvalue weighted by Crippen LogP contribution is 2.33. The highest BCUT2D eigenvalue weighted by Gasteiger charge is 2.11. The number of methoxy groups -OCH3 is 1. The molecule has 0 aliphatic carbocycles. The van der Waals surface area contributed by atoms with Crippen LogP contribution in [0.3, 0.4) is 0 Å². The number of nitrogens with one attached hydrogen (secondary N) is 1. The third-order valence-corrected chi connectivity index (χ3v) is 5.59. The monoisotopic (exact) mass is 521 g/mol. The number of pyridine rings is 1. The summed E-state index contributed by atoms with van der Waals surface area (Å²) in [6, 6.07) is 21.2. The van der Waals surface area contributed by atoms with E-state index in [-0.39, 0.29) is 12.4 Å². The Balaban J connectivity index is 1.51. The molecule has 5 nitrogen and oxygen atoms in total. The molecule has 0 spiro atoms. The van der Waals surface area contributed by atoms with Crippen molar-refractivity contribution in [3.05, 3.63) is 112 Å². The molecule has 1 aromatic heterocycles. The molecule has 1 N–H and O–H groups in total. The third kappa shape index (κ3) is 6.42. The van der Waals surface area contributed by atoms with Crippen molar-refractivity contribution in [1.29, 1.82) is 0 Å². The minimum Gasteiger partial charge on any atom is -0.493 e. The summed E-state index contributed by atoms with van der Waals surface area (Å²) in [7, 11) is 1.56. The van der Waals surface area contributed by atoms with Crippen molar-refractivity contribution in [2.75, 3.05) is 12.4 Å². The number of hydrogen-bond donors (Lipinski definition) is 1. The summed E-state index contributed by atoms with van der Waals surface area (Å²) < 4.78 is 25.4. The van der Waals surface area contributed by atoms with E-state index in [1.165, 1.54) is 12.3 Å². The summed E-state index contributed by atoms with van der Waals surface area (Å²) >= 11 is 12.2. The number of para-hydroxylation sites is 3. The van der Waals surface area contributed by atoms with Crippen molar-refractivity contribution in [3.63, 3.8) is 0 Å². The van der Waals surface area contributed by atoms with Crippen LogP contribution in [-0.4, -0.2) is 18.3 Å². The van der Waals surface area contributed by atoms with Gasteiger partial charge < -0.3 is 14.8 Å². The molecule has 0 radical (unpaired) electrons. The van der Waals surface area contributed by atoms with Crippen LogP contribution >= 0.6 is 23.2 Å². The number of aromatic nitrogens is 1. The van der Waals surface area contributed by atoms with Gasteiger partial charge >= 0.3 is 0 Å². The molecular formula is C28H22Cl2FN3O2. The lowest BCUT2D eigenvalue weighted by Crippen LogP contribution is -2.01. The zero-order valence-electron chi connectivity index (χ0n) is 19.3. The van der Waals surface area contributed by atoms with E-state index in [2.05, 4.69) is 15.3 Å². The number of rotatable bonds is 9. The molecule has 0 unspecified atom stereocenters. The SMILES string of the molecule is COc1cccc(/C=C/C=Nc2ccccc2Nc2ncc(Cl)cc2Cl)c1OCc1ccccc1F. The van der Waals surface area contributed by atoms with E-state index in [9.17, 15) is 4.39 Å². The van der Waals surface area contributed by atoms with E-state index in [1.54, 1.807) is 49.7 Å². The largest absolute Gasteiger partial charge is 0.493 e. The molecule has 182 valence electrons. The number of aliphatic imine (C=N–C) groups is 1. The maximum atomic E-state index is 14.0. The molecule has 4 aromatic rings. The Bertz CT molecular complexity index is 1410. The fourth-order valence-corrected chi connectivity index (χ4v) is 3.77. The molecule has 0 bridgehead atoms. The zero-order valence-corrected chi connectivity index (χ0v) is 20.8. The first-order chi connectivity index (χ1) is 17.5. The van der Waals surface area contributed by atoms with Crippen molar-refractivity contribution < 1.29 is 13.9 Å². The van der Waals surface area contributed by atoms with E-state index >= 15 is 0 Å². The van der Waals surface area contributed by atoms with Crippen molar-refractivity contribution in [2.45, 2.75) is 6.61 Å². The molecule has 3 aromatic carbocycles. The number of anilines is 2. The number of nitrogens with zero attached hydrogens (tertiary/aromatic N) is 2. The highest BCUT2D eigenvalue weighted by molar-refractivity contribution is 6.36. The second-order valence-electron chi connectivity index (χ2n) is 7.52. The van der Waals surface area contributed by atoms with Gasteiger partial charge in [-0.2, -0.15) is 0 Å². The van der Waals surface area contributed by atoms with Gasteiger partial charge in [-0.05, 0) is 42.5 Å². The molecule has 36 heavy (non-hydrogen) atoms. The maximum Gasteiger partial charge on any atom is 0.168 e. The highest BCUT2D eigenvalue weighted by atomic mass is 35.5. The van der Waals surface area contributed by atoms with Crippen LogP contribution in [0.1, 0.15) is 11.1 Å². The number of ether oxygens (including phenoxy) is 2. The van der Waals surface area contributed by atoms with E-state index in [1.807, 2.05) is 42.5 Å². The van der Waals surface area contributed by atoms with Crippen molar-refractivity contribution in [2.24, 2.45) is 4.99 Å². The minimum absolute atomic E-state index is 0.0717. The van der Waals surface area contributed by atoms with E-state index in [0.717, 1.165) is 11.3 Å². The Kier molecular flexibility index (Phi) is 8.55. The van der Waals surface area contributed by atoms with Crippen molar-refractivity contribution in [3.8, 4) is 11.5 Å². The van der Waals surface area contributed by atoms with Crippen LogP contribution in [0.15, 0.2) is 90.1 Å². The van der Waals surface area contributed by atoms with Crippen LogP contribution < -0.4 is 14.8 Å². The smallest absolute Gasteiger partial charge is 0.168 e. The topological polar surface area (TPSA) is 55.7 Å². The Morgan fingerprint density at radius 2 is 1.83 bits per heavy atom. The van der Waals surface area contributed by atoms with Crippen LogP contribution in [0.25, 0.3) is 6.08 Å². The molecule has 0 saturated carbocycles. The first kappa shape index (κ1) is 25.2. The van der Waals surface area contributed by atoms with Gasteiger partial charge in [-0.25, -0.2) is 9.37 Å². The van der Waals surface area contributed by atoms with Gasteiger partial charge in [0.15, 0.2) is 11.5 Å². The van der Waals surface area contributed by atoms with Gasteiger partial charge in [0.2, 0.25) is 0 Å². The summed E-state index contributed by atoms with van der Waals surface area (Å²) in [4.78, 5) is 8.78. The molecular weight excluding hydrogens is 500 g/mol. The zero-order chi connectivity index (χ0) is 25.3. The lowest BCUT2D eigenvalue weighted by atomic mass is 10.1. The molecule has 0 amide bonds. The minimum atomic E-state index is -0.320. The summed E-state index contributed by atoms with van der Waals surface area (Å²) in [6.07, 6.45) is 6.81. The Hall–Kier alpha value is -3.87. The number of hydrogen-bond acceptors (Lipinski definition) is 5. The second-order valence-corrected chi connectivity index (χ2v) is 8.37. The average Bonchev–Trinajstić information content (AvgIpc) is 2.88. The Morgan fingerprint density at radius 3 is 2.64 bits per heavy atom. The Morgan fingerprint density at radius 1 is 1.03 bits per heavy atom. The summed E-state index contributed by atoms with van der Waals surface area (Å²) in [5.74, 6) is 1.22. The second kappa shape index (κ2) is 12.2. The lowest BCUT2D eigenvalue weighted by Gasteiger charge is -2.13. The van der Waals surface area contributed by atoms with E-state index in [4.69, 9.17) is 32.7 Å².